The number of para-hydroxylation sites is 1. The number of phenolic OH excluding ortho intramolecular Hbond substituents is 1. The van der Waals surface area contributed by atoms with Gasteiger partial charge in [0.15, 0.2) is 0 Å². The van der Waals surface area contributed by atoms with Crippen molar-refractivity contribution < 1.29 is 29.0 Å². The molecule has 0 aromatic heterocycles. The zero-order chi connectivity index (χ0) is 24.8. The molecular weight excluding hydrogens is 438 g/mol. The summed E-state index contributed by atoms with van der Waals surface area (Å²) in [5.74, 6) is -0.145. The Morgan fingerprint density at radius 3 is 2.00 bits per heavy atom. The molecule has 1 heterocycles. The van der Waals surface area contributed by atoms with Crippen molar-refractivity contribution in [2.24, 2.45) is 5.92 Å². The van der Waals surface area contributed by atoms with Gasteiger partial charge in [0.25, 0.3) is 11.8 Å². The van der Waals surface area contributed by atoms with Crippen molar-refractivity contribution in [3.63, 3.8) is 0 Å². The van der Waals surface area contributed by atoms with E-state index in [-0.39, 0.29) is 29.0 Å². The van der Waals surface area contributed by atoms with Gasteiger partial charge < -0.3 is 29.7 Å². The Labute approximate surface area is 199 Å². The lowest BCUT2D eigenvalue weighted by Gasteiger charge is -2.37. The van der Waals surface area contributed by atoms with Gasteiger partial charge in [0, 0.05) is 37.8 Å². The number of nitrogens with one attached hydrogen (secondary N) is 1. The second-order valence-electron chi connectivity index (χ2n) is 8.43. The molecule has 0 aliphatic carbocycles. The first-order valence-electron chi connectivity index (χ1n) is 11.1. The highest BCUT2D eigenvalue weighted by Crippen LogP contribution is 2.23. The van der Waals surface area contributed by atoms with Gasteiger partial charge in [-0.2, -0.15) is 0 Å². The normalized spacial score (nSPS) is 14.5. The summed E-state index contributed by atoms with van der Waals surface area (Å²) in [6.07, 6.45) is 0. The number of carbonyl (C=O) groups is 3. The van der Waals surface area contributed by atoms with Gasteiger partial charge in [-0.1, -0.05) is 26.0 Å². The number of aromatic hydroxyl groups is 1. The van der Waals surface area contributed by atoms with E-state index in [0.717, 1.165) is 0 Å². The average Bonchev–Trinajstić information content (AvgIpc) is 2.86. The highest BCUT2D eigenvalue weighted by molar-refractivity contribution is 5.99. The summed E-state index contributed by atoms with van der Waals surface area (Å²) in [7, 11) is 3.00. The van der Waals surface area contributed by atoms with E-state index >= 15 is 0 Å². The number of hydrogen-bond acceptors (Lipinski definition) is 6. The molecule has 1 fully saturated rings. The molecule has 1 aliphatic heterocycles. The summed E-state index contributed by atoms with van der Waals surface area (Å²) in [5, 5.41) is 12.8. The molecule has 1 saturated heterocycles. The number of methoxy groups -OCH3 is 2. The first-order chi connectivity index (χ1) is 16.2. The third-order valence-corrected chi connectivity index (χ3v) is 5.85. The maximum atomic E-state index is 13.3. The summed E-state index contributed by atoms with van der Waals surface area (Å²) < 4.78 is 10.5. The van der Waals surface area contributed by atoms with Crippen LogP contribution in [0.25, 0.3) is 0 Å². The van der Waals surface area contributed by atoms with Crippen molar-refractivity contribution in [3.05, 3.63) is 53.6 Å². The molecule has 2 N–H and O–H groups in total. The van der Waals surface area contributed by atoms with Gasteiger partial charge in [0.1, 0.15) is 23.3 Å². The minimum Gasteiger partial charge on any atom is -0.507 e. The molecule has 0 spiro atoms. The van der Waals surface area contributed by atoms with Crippen LogP contribution in [0.5, 0.6) is 17.2 Å². The van der Waals surface area contributed by atoms with Gasteiger partial charge >= 0.3 is 0 Å². The highest BCUT2D eigenvalue weighted by atomic mass is 16.5. The van der Waals surface area contributed by atoms with E-state index in [4.69, 9.17) is 9.47 Å². The van der Waals surface area contributed by atoms with Crippen molar-refractivity contribution >= 4 is 17.7 Å². The van der Waals surface area contributed by atoms with Crippen molar-refractivity contribution in [2.45, 2.75) is 19.9 Å². The Balaban J connectivity index is 1.66. The number of hydrogen-bond donors (Lipinski definition) is 2. The second-order valence-corrected chi connectivity index (χ2v) is 8.43. The molecule has 34 heavy (non-hydrogen) atoms. The van der Waals surface area contributed by atoms with Gasteiger partial charge in [-0.25, -0.2) is 0 Å². The first-order valence-corrected chi connectivity index (χ1v) is 11.1. The lowest BCUT2D eigenvalue weighted by molar-refractivity contribution is -0.135. The summed E-state index contributed by atoms with van der Waals surface area (Å²) >= 11 is 0. The van der Waals surface area contributed by atoms with Crippen molar-refractivity contribution in [1.29, 1.82) is 0 Å². The maximum Gasteiger partial charge on any atom is 0.257 e. The highest BCUT2D eigenvalue weighted by Gasteiger charge is 2.32. The number of benzene rings is 2. The molecule has 1 atom stereocenters. The largest absolute Gasteiger partial charge is 0.507 e. The van der Waals surface area contributed by atoms with Gasteiger partial charge in [-0.05, 0) is 30.2 Å². The summed E-state index contributed by atoms with van der Waals surface area (Å²) in [4.78, 5) is 42.2. The van der Waals surface area contributed by atoms with Gasteiger partial charge in [0.05, 0.1) is 19.8 Å². The van der Waals surface area contributed by atoms with Gasteiger partial charge in [0.2, 0.25) is 5.91 Å². The van der Waals surface area contributed by atoms with E-state index < -0.39 is 11.9 Å². The third kappa shape index (κ3) is 5.59. The van der Waals surface area contributed by atoms with E-state index in [9.17, 15) is 19.5 Å². The summed E-state index contributed by atoms with van der Waals surface area (Å²) in [5.41, 5.74) is 0.566. The third-order valence-electron chi connectivity index (χ3n) is 5.85. The van der Waals surface area contributed by atoms with E-state index in [2.05, 4.69) is 5.32 Å². The molecule has 2 aromatic carbocycles. The monoisotopic (exact) mass is 469 g/mol. The Hall–Kier alpha value is -3.75. The fourth-order valence-electron chi connectivity index (χ4n) is 3.83. The molecular formula is C25H31N3O6. The minimum absolute atomic E-state index is 0.0669. The predicted molar refractivity (Wildman–Crippen MR) is 126 cm³/mol. The zero-order valence-corrected chi connectivity index (χ0v) is 19.9. The molecule has 3 rings (SSSR count). The number of amides is 3. The maximum absolute atomic E-state index is 13.3. The molecule has 2 aromatic rings. The smallest absolute Gasteiger partial charge is 0.257 e. The minimum atomic E-state index is -0.731. The quantitative estimate of drug-likeness (QED) is 0.643. The van der Waals surface area contributed by atoms with Crippen LogP contribution >= 0.6 is 0 Å². The SMILES string of the molecule is COc1cc(OC)cc(C(=O)NC(C(=O)N2CCN(C(=O)c3ccccc3O)CC2)C(C)C)c1. The van der Waals surface area contributed by atoms with E-state index in [1.165, 1.54) is 20.3 Å². The number of rotatable bonds is 7. The lowest BCUT2D eigenvalue weighted by atomic mass is 10.0. The average molecular weight is 470 g/mol. The number of carbonyl (C=O) groups excluding carboxylic acids is 3. The molecule has 1 aliphatic rings. The molecule has 0 saturated carbocycles. The van der Waals surface area contributed by atoms with Gasteiger partial charge in [-0.15, -0.1) is 0 Å². The fourth-order valence-corrected chi connectivity index (χ4v) is 3.83. The predicted octanol–water partition coefficient (Wildman–Crippen LogP) is 2.15. The van der Waals surface area contributed by atoms with E-state index in [0.29, 0.717) is 43.2 Å². The Morgan fingerprint density at radius 1 is 0.912 bits per heavy atom. The van der Waals surface area contributed by atoms with Crippen molar-refractivity contribution in [2.75, 3.05) is 40.4 Å². The first kappa shape index (κ1) is 24.9. The Bertz CT molecular complexity index is 1020. The van der Waals surface area contributed by atoms with Crippen LogP contribution in [0.3, 0.4) is 0 Å². The van der Waals surface area contributed by atoms with Crippen LogP contribution in [0.2, 0.25) is 0 Å². The van der Waals surface area contributed by atoms with E-state index in [1.807, 2.05) is 13.8 Å². The molecule has 9 heteroatoms. The number of nitrogens with zero attached hydrogens (tertiary/aromatic N) is 2. The molecule has 3 amide bonds. The number of piperazine rings is 1. The van der Waals surface area contributed by atoms with Crippen LogP contribution in [-0.4, -0.2) is 79.1 Å². The molecule has 9 nitrogen and oxygen atoms in total. The number of ether oxygens (including phenoxy) is 2. The Kier molecular flexibility index (Phi) is 7.99. The van der Waals surface area contributed by atoms with Crippen LogP contribution in [0.4, 0.5) is 0 Å². The topological polar surface area (TPSA) is 108 Å². The van der Waals surface area contributed by atoms with E-state index in [1.54, 1.807) is 46.2 Å². The van der Waals surface area contributed by atoms with Crippen LogP contribution in [0, 0.1) is 5.92 Å². The van der Waals surface area contributed by atoms with Crippen LogP contribution in [0.15, 0.2) is 42.5 Å². The van der Waals surface area contributed by atoms with Gasteiger partial charge in [-0.3, -0.25) is 14.4 Å². The number of phenols is 1. The Morgan fingerprint density at radius 2 is 1.47 bits per heavy atom. The molecule has 0 bridgehead atoms. The summed E-state index contributed by atoms with van der Waals surface area (Å²) in [6.45, 7) is 5.09. The summed E-state index contributed by atoms with van der Waals surface area (Å²) in [6, 6.07) is 10.5. The molecule has 0 radical (unpaired) electrons. The van der Waals surface area contributed by atoms with Crippen LogP contribution in [-0.2, 0) is 4.79 Å². The second kappa shape index (κ2) is 10.9. The zero-order valence-electron chi connectivity index (χ0n) is 19.9. The fraction of sp³-hybridized carbons (Fsp3) is 0.400. The van der Waals surface area contributed by atoms with Crippen LogP contribution in [0.1, 0.15) is 34.6 Å². The molecule has 182 valence electrons. The standard InChI is InChI=1S/C25H31N3O6/c1-16(2)22(26-23(30)17-13-18(33-3)15-19(14-17)34-4)25(32)28-11-9-27(10-12-28)24(31)20-7-5-6-8-21(20)29/h5-8,13-16,22,29H,9-12H2,1-4H3,(H,26,30). The van der Waals surface area contributed by atoms with Crippen LogP contribution < -0.4 is 14.8 Å². The molecule has 1 unspecified atom stereocenters. The lowest BCUT2D eigenvalue weighted by Crippen LogP contribution is -2.57. The van der Waals surface area contributed by atoms with Crippen molar-refractivity contribution in [3.8, 4) is 17.2 Å². The van der Waals surface area contributed by atoms with Crippen molar-refractivity contribution in [1.82, 2.24) is 15.1 Å².